The number of hydrogen-bond donors (Lipinski definition) is 1. The average Bonchev–Trinajstić information content (AvgIpc) is 1.83. The van der Waals surface area contributed by atoms with E-state index in [1.165, 1.54) is 0 Å². The van der Waals surface area contributed by atoms with Gasteiger partial charge in [-0.1, -0.05) is 0 Å². The van der Waals surface area contributed by atoms with E-state index in [1.54, 1.807) is 0 Å². The van der Waals surface area contributed by atoms with Gasteiger partial charge < -0.3 is 5.73 Å². The van der Waals surface area contributed by atoms with Crippen molar-refractivity contribution in [3.05, 3.63) is 0 Å². The molecule has 0 aliphatic heterocycles. The molecule has 0 unspecified atom stereocenters. The topological polar surface area (TPSA) is 43.1 Å². The maximum Gasteiger partial charge on any atom is 0.205 e. The van der Waals surface area contributed by atoms with E-state index in [-0.39, 0.29) is 5.78 Å². The Morgan fingerprint density at radius 3 is 2.75 bits per heavy atom. The highest BCUT2D eigenvalue weighted by atomic mass is 16.1. The van der Waals surface area contributed by atoms with Crippen molar-refractivity contribution >= 4 is 5.78 Å². The lowest BCUT2D eigenvalue weighted by atomic mass is 10.2. The third-order valence-corrected chi connectivity index (χ3v) is 0.769. The van der Waals surface area contributed by atoms with Crippen LogP contribution in [0.15, 0.2) is 0 Å². The van der Waals surface area contributed by atoms with Crippen LogP contribution in [0.2, 0.25) is 0 Å². The van der Waals surface area contributed by atoms with Crippen LogP contribution < -0.4 is 5.73 Å². The van der Waals surface area contributed by atoms with Gasteiger partial charge in [0, 0.05) is 6.42 Å². The van der Waals surface area contributed by atoms with Crippen molar-refractivity contribution < 1.29 is 4.79 Å². The Labute approximate surface area is 49.1 Å². The van der Waals surface area contributed by atoms with Crippen molar-refractivity contribution in [2.75, 3.05) is 6.54 Å². The molecule has 2 nitrogen and oxygen atoms in total. The molecule has 0 atom stereocenters. The summed E-state index contributed by atoms with van der Waals surface area (Å²) in [5.41, 5.74) is 5.11. The molecule has 2 heteroatoms. The zero-order valence-electron chi connectivity index (χ0n) is 4.68. The van der Waals surface area contributed by atoms with Crippen LogP contribution in [0, 0.1) is 12.3 Å². The summed E-state index contributed by atoms with van der Waals surface area (Å²) < 4.78 is 0. The van der Waals surface area contributed by atoms with E-state index in [4.69, 9.17) is 12.2 Å². The lowest BCUT2D eigenvalue weighted by molar-refractivity contribution is -0.113. The van der Waals surface area contributed by atoms with Gasteiger partial charge in [-0.3, -0.25) is 4.79 Å². The van der Waals surface area contributed by atoms with Crippen molar-refractivity contribution in [3.63, 3.8) is 0 Å². The molecule has 44 valence electrons. The molecule has 2 N–H and O–H groups in total. The summed E-state index contributed by atoms with van der Waals surface area (Å²) in [6.07, 6.45) is 5.89. The van der Waals surface area contributed by atoms with Crippen LogP contribution in [-0.2, 0) is 4.79 Å². The van der Waals surface area contributed by atoms with Gasteiger partial charge in [0.25, 0.3) is 0 Å². The maximum absolute atomic E-state index is 10.3. The molecule has 0 saturated carbocycles. The fourth-order valence-electron chi connectivity index (χ4n) is 0.335. The second kappa shape index (κ2) is 4.35. The molecular formula is C6H9NO. The second-order valence-corrected chi connectivity index (χ2v) is 1.46. The van der Waals surface area contributed by atoms with Gasteiger partial charge in [0.05, 0.1) is 0 Å². The number of terminal acetylenes is 1. The number of rotatable bonds is 3. The van der Waals surface area contributed by atoms with Crippen molar-refractivity contribution in [1.29, 1.82) is 0 Å². The predicted molar refractivity (Wildman–Crippen MR) is 32.1 cm³/mol. The number of hydrogen-bond acceptors (Lipinski definition) is 2. The van der Waals surface area contributed by atoms with Crippen LogP contribution in [0.1, 0.15) is 12.8 Å². The SMILES string of the molecule is C#CC(=O)CCCN. The fraction of sp³-hybridized carbons (Fsp3) is 0.500. The van der Waals surface area contributed by atoms with Crippen LogP contribution in [0.5, 0.6) is 0 Å². The molecule has 0 aliphatic carbocycles. The maximum atomic E-state index is 10.3. The lowest BCUT2D eigenvalue weighted by Gasteiger charge is -1.86. The average molecular weight is 111 g/mol. The van der Waals surface area contributed by atoms with Crippen LogP contribution in [-0.4, -0.2) is 12.3 Å². The molecule has 0 saturated heterocycles. The Morgan fingerprint density at radius 2 is 2.38 bits per heavy atom. The highest BCUT2D eigenvalue weighted by Gasteiger charge is 1.91. The third-order valence-electron chi connectivity index (χ3n) is 0.769. The summed E-state index contributed by atoms with van der Waals surface area (Å²) in [5.74, 6) is 1.85. The Balaban J connectivity index is 3.16. The Morgan fingerprint density at radius 1 is 1.75 bits per heavy atom. The first kappa shape index (κ1) is 7.19. The molecule has 0 aromatic carbocycles. The number of nitrogens with two attached hydrogens (primary N) is 1. The third kappa shape index (κ3) is 3.38. The van der Waals surface area contributed by atoms with E-state index in [9.17, 15) is 4.79 Å². The molecule has 8 heavy (non-hydrogen) atoms. The number of Topliss-reactive ketones (excluding diaryl/α,β-unsaturated/α-hetero) is 1. The van der Waals surface area contributed by atoms with Gasteiger partial charge in [0.2, 0.25) is 5.78 Å². The van der Waals surface area contributed by atoms with E-state index in [2.05, 4.69) is 0 Å². The van der Waals surface area contributed by atoms with Crippen molar-refractivity contribution in [3.8, 4) is 12.3 Å². The first-order chi connectivity index (χ1) is 3.81. The molecule has 0 heterocycles. The van der Waals surface area contributed by atoms with Crippen LogP contribution in [0.4, 0.5) is 0 Å². The van der Waals surface area contributed by atoms with Crippen LogP contribution in [0.25, 0.3) is 0 Å². The second-order valence-electron chi connectivity index (χ2n) is 1.46. The minimum Gasteiger partial charge on any atom is -0.330 e. The molecule has 0 rings (SSSR count). The number of carbonyl (C=O) groups is 1. The summed E-state index contributed by atoms with van der Waals surface area (Å²) in [6, 6.07) is 0. The van der Waals surface area contributed by atoms with Crippen LogP contribution >= 0.6 is 0 Å². The minimum absolute atomic E-state index is 0.157. The summed E-state index contributed by atoms with van der Waals surface area (Å²) in [6.45, 7) is 0.535. The summed E-state index contributed by atoms with van der Waals surface area (Å²) >= 11 is 0. The van der Waals surface area contributed by atoms with Gasteiger partial charge in [-0.25, -0.2) is 0 Å². The Kier molecular flexibility index (Phi) is 3.91. The van der Waals surface area contributed by atoms with Gasteiger partial charge in [-0.15, -0.1) is 6.42 Å². The summed E-state index contributed by atoms with van der Waals surface area (Å²) in [4.78, 5) is 10.3. The molecule has 0 bridgehead atoms. The van der Waals surface area contributed by atoms with Crippen molar-refractivity contribution in [1.82, 2.24) is 0 Å². The summed E-state index contributed by atoms with van der Waals surface area (Å²) in [5, 5.41) is 0. The molecule has 0 radical (unpaired) electrons. The first-order valence-electron chi connectivity index (χ1n) is 2.50. The predicted octanol–water partition coefficient (Wildman–Crippen LogP) is -0.0724. The summed E-state index contributed by atoms with van der Waals surface area (Å²) in [7, 11) is 0. The molecule has 0 aromatic rings. The molecule has 0 aromatic heterocycles. The van der Waals surface area contributed by atoms with E-state index < -0.39 is 0 Å². The molecular weight excluding hydrogens is 102 g/mol. The minimum atomic E-state index is -0.157. The molecule has 0 spiro atoms. The Bertz CT molecular complexity index is 112. The molecule has 0 fully saturated rings. The lowest BCUT2D eigenvalue weighted by Crippen LogP contribution is -2.01. The van der Waals surface area contributed by atoms with Crippen LogP contribution in [0.3, 0.4) is 0 Å². The van der Waals surface area contributed by atoms with Gasteiger partial charge in [-0.05, 0) is 18.9 Å². The quantitative estimate of drug-likeness (QED) is 0.409. The zero-order chi connectivity index (χ0) is 6.41. The smallest absolute Gasteiger partial charge is 0.205 e. The van der Waals surface area contributed by atoms with Gasteiger partial charge in [0.1, 0.15) is 0 Å². The highest BCUT2D eigenvalue weighted by molar-refractivity contribution is 5.94. The van der Waals surface area contributed by atoms with Gasteiger partial charge >= 0.3 is 0 Å². The van der Waals surface area contributed by atoms with E-state index >= 15 is 0 Å². The van der Waals surface area contributed by atoms with E-state index in [0.29, 0.717) is 19.4 Å². The standard InChI is InChI=1S/C6H9NO/c1-2-6(8)4-3-5-7/h1H,3-5,7H2. The monoisotopic (exact) mass is 111 g/mol. The van der Waals surface area contributed by atoms with E-state index in [0.717, 1.165) is 0 Å². The number of ketones is 1. The largest absolute Gasteiger partial charge is 0.330 e. The van der Waals surface area contributed by atoms with Gasteiger partial charge in [-0.2, -0.15) is 0 Å². The zero-order valence-corrected chi connectivity index (χ0v) is 4.68. The fourth-order valence-corrected chi connectivity index (χ4v) is 0.335. The Hall–Kier alpha value is -0.810. The highest BCUT2D eigenvalue weighted by Crippen LogP contribution is 1.84. The number of carbonyl (C=O) groups excluding carboxylic acids is 1. The van der Waals surface area contributed by atoms with E-state index in [1.807, 2.05) is 5.92 Å². The first-order valence-corrected chi connectivity index (χ1v) is 2.50. The normalized spacial score (nSPS) is 8.00. The molecule has 0 aliphatic rings. The van der Waals surface area contributed by atoms with Gasteiger partial charge in [0.15, 0.2) is 0 Å². The van der Waals surface area contributed by atoms with Crippen molar-refractivity contribution in [2.45, 2.75) is 12.8 Å². The van der Waals surface area contributed by atoms with Crippen molar-refractivity contribution in [2.24, 2.45) is 5.73 Å². The molecule has 0 amide bonds.